The van der Waals surface area contributed by atoms with Gasteiger partial charge in [0, 0.05) is 29.7 Å². The Morgan fingerprint density at radius 1 is 1.35 bits per heavy atom. The van der Waals surface area contributed by atoms with Gasteiger partial charge in [0.1, 0.15) is 5.75 Å². The first kappa shape index (κ1) is 17.0. The summed E-state index contributed by atoms with van der Waals surface area (Å²) in [7, 11) is 1.89. The van der Waals surface area contributed by atoms with Crippen molar-refractivity contribution in [1.82, 2.24) is 10.2 Å². The van der Waals surface area contributed by atoms with Crippen molar-refractivity contribution in [2.75, 3.05) is 26.7 Å². The molecule has 1 rings (SSSR count). The first-order valence-corrected chi connectivity index (χ1v) is 7.66. The predicted octanol–water partition coefficient (Wildman–Crippen LogP) is 2.72. The summed E-state index contributed by atoms with van der Waals surface area (Å²) in [5, 5.41) is 3.12. The maximum atomic E-state index is 12.0. The Balaban J connectivity index is 2.84. The fraction of sp³-hybridized carbons (Fsp3) is 0.533. The Hall–Kier alpha value is -1.07. The van der Waals surface area contributed by atoms with Gasteiger partial charge in [-0.05, 0) is 45.5 Å². The number of ether oxygens (including phenoxy) is 1. The first-order chi connectivity index (χ1) is 9.53. The Labute approximate surface area is 129 Å². The number of amides is 1. The molecule has 20 heavy (non-hydrogen) atoms. The van der Waals surface area contributed by atoms with Crippen molar-refractivity contribution in [1.29, 1.82) is 0 Å². The number of carbonyl (C=O) groups excluding carboxylic acids is 1. The zero-order valence-corrected chi connectivity index (χ0v) is 14.2. The fourth-order valence-electron chi connectivity index (χ4n) is 2.13. The van der Waals surface area contributed by atoms with Crippen LogP contribution in [-0.4, -0.2) is 37.6 Å². The van der Waals surface area contributed by atoms with Gasteiger partial charge in [0.05, 0.1) is 0 Å². The van der Waals surface area contributed by atoms with E-state index in [4.69, 9.17) is 4.74 Å². The van der Waals surface area contributed by atoms with Crippen LogP contribution < -0.4 is 10.1 Å². The molecule has 0 radical (unpaired) electrons. The van der Waals surface area contributed by atoms with Crippen molar-refractivity contribution < 1.29 is 9.53 Å². The summed E-state index contributed by atoms with van der Waals surface area (Å²) in [6.07, 6.45) is 0. The third-order valence-corrected chi connectivity index (χ3v) is 3.60. The smallest absolute Gasteiger partial charge is 0.260 e. The third-order valence-electron chi connectivity index (χ3n) is 3.14. The highest BCUT2D eigenvalue weighted by molar-refractivity contribution is 9.10. The molecular formula is C15H23BrN2O2. The molecule has 112 valence electrons. The number of halogens is 1. The molecule has 4 nitrogen and oxygen atoms in total. The zero-order chi connectivity index (χ0) is 15.1. The Kier molecular flexibility index (Phi) is 7.02. The lowest BCUT2D eigenvalue weighted by Crippen LogP contribution is -2.34. The standard InChI is InChI=1S/C15H23BrN2O2/c1-5-18(6-2)14(19)10-20-15-11(3)7-13(16)8-12(15)9-17-4/h7-8,17H,5-6,9-10H2,1-4H3. The highest BCUT2D eigenvalue weighted by Gasteiger charge is 2.13. The van der Waals surface area contributed by atoms with Gasteiger partial charge < -0.3 is 15.0 Å². The molecule has 0 aliphatic heterocycles. The van der Waals surface area contributed by atoms with Crippen LogP contribution in [0.25, 0.3) is 0 Å². The van der Waals surface area contributed by atoms with Gasteiger partial charge in [-0.1, -0.05) is 15.9 Å². The number of hydrogen-bond donors (Lipinski definition) is 1. The molecule has 0 aliphatic rings. The lowest BCUT2D eigenvalue weighted by molar-refractivity contribution is -0.132. The number of aryl methyl sites for hydroxylation is 1. The van der Waals surface area contributed by atoms with Crippen LogP contribution in [0.3, 0.4) is 0 Å². The molecule has 0 unspecified atom stereocenters. The maximum absolute atomic E-state index is 12.0. The summed E-state index contributed by atoms with van der Waals surface area (Å²) in [5.74, 6) is 0.816. The van der Waals surface area contributed by atoms with E-state index in [0.717, 1.165) is 21.3 Å². The Bertz CT molecular complexity index is 459. The summed E-state index contributed by atoms with van der Waals surface area (Å²) in [6.45, 7) is 8.14. The molecule has 1 N–H and O–H groups in total. The van der Waals surface area contributed by atoms with E-state index in [1.54, 1.807) is 4.90 Å². The van der Waals surface area contributed by atoms with E-state index in [9.17, 15) is 4.79 Å². The van der Waals surface area contributed by atoms with Gasteiger partial charge >= 0.3 is 0 Å². The van der Waals surface area contributed by atoms with Gasteiger partial charge in [-0.3, -0.25) is 4.79 Å². The summed E-state index contributed by atoms with van der Waals surface area (Å²) in [4.78, 5) is 13.8. The van der Waals surface area contributed by atoms with E-state index in [-0.39, 0.29) is 12.5 Å². The summed E-state index contributed by atoms with van der Waals surface area (Å²) >= 11 is 3.48. The third kappa shape index (κ3) is 4.49. The molecule has 0 heterocycles. The molecule has 1 aromatic rings. The van der Waals surface area contributed by atoms with Gasteiger partial charge in [-0.15, -0.1) is 0 Å². The Morgan fingerprint density at radius 2 is 2.00 bits per heavy atom. The molecule has 0 atom stereocenters. The highest BCUT2D eigenvalue weighted by atomic mass is 79.9. The minimum Gasteiger partial charge on any atom is -0.483 e. The molecule has 0 aromatic heterocycles. The SMILES string of the molecule is CCN(CC)C(=O)COc1c(C)cc(Br)cc1CNC. The number of rotatable bonds is 7. The lowest BCUT2D eigenvalue weighted by atomic mass is 10.1. The minimum atomic E-state index is 0.0210. The number of hydrogen-bond acceptors (Lipinski definition) is 3. The van der Waals surface area contributed by atoms with E-state index in [0.29, 0.717) is 19.6 Å². The van der Waals surface area contributed by atoms with Crippen molar-refractivity contribution in [3.05, 3.63) is 27.7 Å². The quantitative estimate of drug-likeness (QED) is 0.828. The van der Waals surface area contributed by atoms with Crippen LogP contribution in [0.15, 0.2) is 16.6 Å². The van der Waals surface area contributed by atoms with Gasteiger partial charge in [-0.2, -0.15) is 0 Å². The second-order valence-electron chi connectivity index (χ2n) is 4.60. The monoisotopic (exact) mass is 342 g/mol. The van der Waals surface area contributed by atoms with Crippen LogP contribution in [-0.2, 0) is 11.3 Å². The lowest BCUT2D eigenvalue weighted by Gasteiger charge is -2.20. The molecule has 0 spiro atoms. The van der Waals surface area contributed by atoms with Crippen LogP contribution in [0.1, 0.15) is 25.0 Å². The molecule has 1 aromatic carbocycles. The second-order valence-corrected chi connectivity index (χ2v) is 5.51. The van der Waals surface area contributed by atoms with Gasteiger partial charge in [0.25, 0.3) is 5.91 Å². The number of carbonyl (C=O) groups is 1. The van der Waals surface area contributed by atoms with Crippen molar-refractivity contribution in [3.63, 3.8) is 0 Å². The first-order valence-electron chi connectivity index (χ1n) is 6.87. The molecule has 0 bridgehead atoms. The summed E-state index contributed by atoms with van der Waals surface area (Å²) < 4.78 is 6.79. The van der Waals surface area contributed by atoms with E-state index >= 15 is 0 Å². The maximum Gasteiger partial charge on any atom is 0.260 e. The normalized spacial score (nSPS) is 10.4. The van der Waals surface area contributed by atoms with Crippen molar-refractivity contribution in [2.24, 2.45) is 0 Å². The Morgan fingerprint density at radius 3 is 2.55 bits per heavy atom. The number of benzene rings is 1. The van der Waals surface area contributed by atoms with E-state index in [1.165, 1.54) is 0 Å². The van der Waals surface area contributed by atoms with Gasteiger partial charge in [0.15, 0.2) is 6.61 Å². The largest absolute Gasteiger partial charge is 0.483 e. The van der Waals surface area contributed by atoms with E-state index in [1.807, 2.05) is 40.0 Å². The van der Waals surface area contributed by atoms with Gasteiger partial charge in [-0.25, -0.2) is 0 Å². The fourth-order valence-corrected chi connectivity index (χ4v) is 2.75. The summed E-state index contributed by atoms with van der Waals surface area (Å²) in [5.41, 5.74) is 2.07. The van der Waals surface area contributed by atoms with Crippen molar-refractivity contribution in [2.45, 2.75) is 27.3 Å². The van der Waals surface area contributed by atoms with Crippen LogP contribution in [0.2, 0.25) is 0 Å². The zero-order valence-electron chi connectivity index (χ0n) is 12.6. The molecule has 0 aliphatic carbocycles. The predicted molar refractivity (Wildman–Crippen MR) is 85.1 cm³/mol. The molecule has 0 saturated carbocycles. The van der Waals surface area contributed by atoms with Gasteiger partial charge in [0.2, 0.25) is 0 Å². The number of nitrogens with one attached hydrogen (secondary N) is 1. The van der Waals surface area contributed by atoms with E-state index in [2.05, 4.69) is 21.2 Å². The van der Waals surface area contributed by atoms with Crippen LogP contribution in [0, 0.1) is 6.92 Å². The summed E-state index contributed by atoms with van der Waals surface area (Å²) in [6, 6.07) is 4.01. The average Bonchev–Trinajstić information content (AvgIpc) is 2.39. The number of likely N-dealkylation sites (N-methyl/N-ethyl adjacent to an activating group) is 1. The number of nitrogens with zero attached hydrogens (tertiary/aromatic N) is 1. The molecule has 5 heteroatoms. The van der Waals surface area contributed by atoms with E-state index < -0.39 is 0 Å². The van der Waals surface area contributed by atoms with Crippen molar-refractivity contribution >= 4 is 21.8 Å². The second kappa shape index (κ2) is 8.27. The molecule has 0 saturated heterocycles. The molecule has 0 fully saturated rings. The van der Waals surface area contributed by atoms with Crippen LogP contribution >= 0.6 is 15.9 Å². The van der Waals surface area contributed by atoms with Crippen LogP contribution in [0.4, 0.5) is 0 Å². The average molecular weight is 343 g/mol. The highest BCUT2D eigenvalue weighted by Crippen LogP contribution is 2.28. The minimum absolute atomic E-state index is 0.0210. The molecular weight excluding hydrogens is 320 g/mol. The molecule has 1 amide bonds. The topological polar surface area (TPSA) is 41.6 Å². The van der Waals surface area contributed by atoms with Crippen LogP contribution in [0.5, 0.6) is 5.75 Å². The van der Waals surface area contributed by atoms with Crippen molar-refractivity contribution in [3.8, 4) is 5.75 Å².